The maximum absolute atomic E-state index is 12.8. The quantitative estimate of drug-likeness (QED) is 0.709. The summed E-state index contributed by atoms with van der Waals surface area (Å²) in [5, 5.41) is 3.47. The Morgan fingerprint density at radius 2 is 1.70 bits per heavy atom. The van der Waals surface area contributed by atoms with Crippen molar-refractivity contribution in [2.24, 2.45) is 0 Å². The van der Waals surface area contributed by atoms with Crippen LogP contribution in [0.25, 0.3) is 0 Å². The van der Waals surface area contributed by atoms with E-state index in [4.69, 9.17) is 4.98 Å². The van der Waals surface area contributed by atoms with Crippen LogP contribution in [0.1, 0.15) is 48.2 Å². The fraction of sp³-hybridized carbons (Fsp3) is 0.522. The standard InChI is InChI=1S/C23H28F3N5O2/c1-16-15-20(29-22(27-16)28-18-5-3-2-4-6-18)30-11-13-31(14-12-30)21(32)17-7-9-19(10-8-17)33-23(24,25)26/h7-10,15,18H,2-6,11-14H2,1H3,(H,27,28,29). The average Bonchev–Trinajstić information content (AvgIpc) is 2.78. The van der Waals surface area contributed by atoms with Crippen molar-refractivity contribution in [1.29, 1.82) is 0 Å². The van der Waals surface area contributed by atoms with Crippen LogP contribution in [0, 0.1) is 6.92 Å². The molecule has 0 unspecified atom stereocenters. The van der Waals surface area contributed by atoms with Gasteiger partial charge in [-0.1, -0.05) is 19.3 Å². The van der Waals surface area contributed by atoms with Gasteiger partial charge in [-0.2, -0.15) is 4.98 Å². The molecule has 0 spiro atoms. The summed E-state index contributed by atoms with van der Waals surface area (Å²) in [6, 6.07) is 7.38. The van der Waals surface area contributed by atoms with Gasteiger partial charge in [0.25, 0.3) is 5.91 Å². The van der Waals surface area contributed by atoms with E-state index in [0.717, 1.165) is 36.5 Å². The second-order valence-corrected chi connectivity index (χ2v) is 8.52. The molecule has 2 aromatic rings. The second-order valence-electron chi connectivity index (χ2n) is 8.52. The van der Waals surface area contributed by atoms with E-state index in [1.165, 1.54) is 31.4 Å². The zero-order valence-electron chi connectivity index (χ0n) is 18.6. The number of piperazine rings is 1. The topological polar surface area (TPSA) is 70.6 Å². The number of ether oxygens (including phenoxy) is 1. The number of hydrogen-bond donors (Lipinski definition) is 1. The van der Waals surface area contributed by atoms with Crippen LogP contribution < -0.4 is 15.0 Å². The van der Waals surface area contributed by atoms with Gasteiger partial charge in [-0.25, -0.2) is 4.98 Å². The van der Waals surface area contributed by atoms with Gasteiger partial charge < -0.3 is 19.9 Å². The predicted octanol–water partition coefficient (Wildman–Crippen LogP) is 4.39. The fourth-order valence-electron chi connectivity index (χ4n) is 4.33. The molecule has 10 heteroatoms. The molecule has 178 valence electrons. The molecular formula is C23H28F3N5O2. The van der Waals surface area contributed by atoms with Gasteiger partial charge >= 0.3 is 6.36 Å². The van der Waals surface area contributed by atoms with E-state index in [-0.39, 0.29) is 11.7 Å². The Morgan fingerprint density at radius 3 is 2.33 bits per heavy atom. The number of hydrogen-bond acceptors (Lipinski definition) is 6. The highest BCUT2D eigenvalue weighted by Gasteiger charge is 2.31. The number of benzene rings is 1. The summed E-state index contributed by atoms with van der Waals surface area (Å²) in [4.78, 5) is 25.9. The van der Waals surface area contributed by atoms with E-state index >= 15 is 0 Å². The number of anilines is 2. The van der Waals surface area contributed by atoms with Crippen molar-refractivity contribution in [3.8, 4) is 5.75 Å². The Bertz CT molecular complexity index is 954. The lowest BCUT2D eigenvalue weighted by Crippen LogP contribution is -2.49. The van der Waals surface area contributed by atoms with E-state index in [1.54, 1.807) is 4.90 Å². The lowest BCUT2D eigenvalue weighted by Gasteiger charge is -2.35. The largest absolute Gasteiger partial charge is 0.573 e. The highest BCUT2D eigenvalue weighted by atomic mass is 19.4. The monoisotopic (exact) mass is 463 g/mol. The van der Waals surface area contributed by atoms with Gasteiger partial charge in [-0.15, -0.1) is 13.2 Å². The van der Waals surface area contributed by atoms with Crippen molar-refractivity contribution in [3.63, 3.8) is 0 Å². The smallest absolute Gasteiger partial charge is 0.406 e. The minimum atomic E-state index is -4.76. The Balaban J connectivity index is 1.35. The zero-order chi connectivity index (χ0) is 23.4. The number of halogens is 3. The third kappa shape index (κ3) is 6.27. The number of nitrogens with one attached hydrogen (secondary N) is 1. The van der Waals surface area contributed by atoms with Crippen molar-refractivity contribution in [3.05, 3.63) is 41.6 Å². The summed E-state index contributed by atoms with van der Waals surface area (Å²) in [7, 11) is 0. The molecule has 1 aliphatic carbocycles. The first kappa shape index (κ1) is 23.1. The van der Waals surface area contributed by atoms with Crippen LogP contribution in [0.15, 0.2) is 30.3 Å². The molecule has 2 heterocycles. The first-order chi connectivity index (χ1) is 15.8. The van der Waals surface area contributed by atoms with Gasteiger partial charge in [0, 0.05) is 49.5 Å². The van der Waals surface area contributed by atoms with E-state index in [2.05, 4.69) is 19.9 Å². The summed E-state index contributed by atoms with van der Waals surface area (Å²) in [5.41, 5.74) is 1.22. The van der Waals surface area contributed by atoms with Gasteiger partial charge in [-0.3, -0.25) is 4.79 Å². The van der Waals surface area contributed by atoms with Crippen molar-refractivity contribution < 1.29 is 22.7 Å². The molecule has 1 aromatic carbocycles. The van der Waals surface area contributed by atoms with Crippen LogP contribution in [-0.4, -0.2) is 59.4 Å². The summed E-state index contributed by atoms with van der Waals surface area (Å²) < 4.78 is 40.8. The molecule has 1 amide bonds. The van der Waals surface area contributed by atoms with Crippen molar-refractivity contribution >= 4 is 17.7 Å². The molecule has 7 nitrogen and oxygen atoms in total. The molecule has 2 aliphatic rings. The minimum Gasteiger partial charge on any atom is -0.406 e. The van der Waals surface area contributed by atoms with Gasteiger partial charge in [0.05, 0.1) is 0 Å². The molecule has 1 aliphatic heterocycles. The van der Waals surface area contributed by atoms with Crippen molar-refractivity contribution in [2.75, 3.05) is 36.4 Å². The summed E-state index contributed by atoms with van der Waals surface area (Å²) in [6.07, 6.45) is 1.25. The SMILES string of the molecule is Cc1cc(N2CCN(C(=O)c3ccc(OC(F)(F)F)cc3)CC2)nc(NC2CCCCC2)n1. The molecule has 1 saturated carbocycles. The summed E-state index contributed by atoms with van der Waals surface area (Å²) in [5.74, 6) is 0.922. The number of amides is 1. The third-order valence-corrected chi connectivity index (χ3v) is 6.00. The van der Waals surface area contributed by atoms with E-state index < -0.39 is 6.36 Å². The molecular weight excluding hydrogens is 435 g/mol. The molecule has 0 radical (unpaired) electrons. The molecule has 33 heavy (non-hydrogen) atoms. The lowest BCUT2D eigenvalue weighted by molar-refractivity contribution is -0.274. The number of rotatable bonds is 5. The second kappa shape index (κ2) is 9.84. The number of aromatic nitrogens is 2. The van der Waals surface area contributed by atoms with Crippen LogP contribution in [0.4, 0.5) is 24.9 Å². The van der Waals surface area contributed by atoms with Gasteiger partial charge in [0.1, 0.15) is 11.6 Å². The number of nitrogens with zero attached hydrogens (tertiary/aromatic N) is 4. The van der Waals surface area contributed by atoms with Crippen LogP contribution >= 0.6 is 0 Å². The first-order valence-electron chi connectivity index (χ1n) is 11.3. The molecule has 1 aromatic heterocycles. The van der Waals surface area contributed by atoms with Crippen molar-refractivity contribution in [1.82, 2.24) is 14.9 Å². The van der Waals surface area contributed by atoms with Crippen LogP contribution in [-0.2, 0) is 0 Å². The van der Waals surface area contributed by atoms with Crippen LogP contribution in [0.5, 0.6) is 5.75 Å². The Labute approximate surface area is 191 Å². The zero-order valence-corrected chi connectivity index (χ0v) is 18.6. The maximum atomic E-state index is 12.8. The third-order valence-electron chi connectivity index (χ3n) is 6.00. The molecule has 4 rings (SSSR count). The summed E-state index contributed by atoms with van der Waals surface area (Å²) >= 11 is 0. The highest BCUT2D eigenvalue weighted by molar-refractivity contribution is 5.94. The van der Waals surface area contributed by atoms with Crippen LogP contribution in [0.3, 0.4) is 0 Å². The van der Waals surface area contributed by atoms with Gasteiger partial charge in [0.2, 0.25) is 5.95 Å². The van der Waals surface area contributed by atoms with E-state index in [1.807, 2.05) is 13.0 Å². The van der Waals surface area contributed by atoms with Gasteiger partial charge in [0.15, 0.2) is 0 Å². The number of carbonyl (C=O) groups is 1. The fourth-order valence-corrected chi connectivity index (χ4v) is 4.33. The molecule has 0 bridgehead atoms. The molecule has 0 atom stereocenters. The van der Waals surface area contributed by atoms with E-state index in [0.29, 0.717) is 43.7 Å². The molecule has 2 fully saturated rings. The Hall–Kier alpha value is -3.04. The Kier molecular flexibility index (Phi) is 6.90. The van der Waals surface area contributed by atoms with Gasteiger partial charge in [-0.05, 0) is 44.0 Å². The first-order valence-corrected chi connectivity index (χ1v) is 11.3. The normalized spacial score (nSPS) is 17.7. The highest BCUT2D eigenvalue weighted by Crippen LogP contribution is 2.25. The average molecular weight is 464 g/mol. The van der Waals surface area contributed by atoms with E-state index in [9.17, 15) is 18.0 Å². The number of carbonyl (C=O) groups excluding carboxylic acids is 1. The maximum Gasteiger partial charge on any atom is 0.573 e. The molecule has 1 saturated heterocycles. The lowest BCUT2D eigenvalue weighted by atomic mass is 9.96. The summed E-state index contributed by atoms with van der Waals surface area (Å²) in [6.45, 7) is 4.16. The number of aryl methyl sites for hydroxylation is 1. The van der Waals surface area contributed by atoms with Crippen molar-refractivity contribution in [2.45, 2.75) is 51.4 Å². The predicted molar refractivity (Wildman–Crippen MR) is 119 cm³/mol. The molecule has 1 N–H and O–H groups in total. The number of alkyl halides is 3. The van der Waals surface area contributed by atoms with Crippen LogP contribution in [0.2, 0.25) is 0 Å². The minimum absolute atomic E-state index is 0.216. The Morgan fingerprint density at radius 1 is 1.03 bits per heavy atom.